The summed E-state index contributed by atoms with van der Waals surface area (Å²) in [7, 11) is 1.90. The summed E-state index contributed by atoms with van der Waals surface area (Å²) in [5, 5.41) is 8.13. The SMILES string of the molecule is Cn1nnc(Br)c1C(NN)C1CCCc2ccccc21. The van der Waals surface area contributed by atoms with E-state index < -0.39 is 0 Å². The number of aromatic nitrogens is 3. The van der Waals surface area contributed by atoms with Crippen LogP contribution in [0.4, 0.5) is 0 Å². The monoisotopic (exact) mass is 335 g/mol. The Morgan fingerprint density at radius 1 is 1.45 bits per heavy atom. The number of hydrazine groups is 1. The van der Waals surface area contributed by atoms with Crippen LogP contribution in [0.15, 0.2) is 28.9 Å². The third-order valence-electron chi connectivity index (χ3n) is 4.12. The first kappa shape index (κ1) is 13.7. The van der Waals surface area contributed by atoms with Crippen LogP contribution in [-0.2, 0) is 13.5 Å². The normalized spacial score (nSPS) is 19.6. The van der Waals surface area contributed by atoms with Crippen molar-refractivity contribution < 1.29 is 0 Å². The largest absolute Gasteiger partial charge is 0.271 e. The van der Waals surface area contributed by atoms with Gasteiger partial charge in [0.25, 0.3) is 0 Å². The molecule has 0 aliphatic heterocycles. The highest BCUT2D eigenvalue weighted by molar-refractivity contribution is 9.10. The van der Waals surface area contributed by atoms with Crippen LogP contribution in [0.5, 0.6) is 0 Å². The van der Waals surface area contributed by atoms with Gasteiger partial charge in [0.05, 0.1) is 11.7 Å². The summed E-state index contributed by atoms with van der Waals surface area (Å²) >= 11 is 3.48. The number of fused-ring (bicyclic) bond motifs is 1. The van der Waals surface area contributed by atoms with Crippen molar-refractivity contribution in [3.8, 4) is 0 Å². The molecule has 0 bridgehead atoms. The summed E-state index contributed by atoms with van der Waals surface area (Å²) in [6.45, 7) is 0. The lowest BCUT2D eigenvalue weighted by atomic mass is 9.78. The smallest absolute Gasteiger partial charge is 0.153 e. The molecule has 0 saturated carbocycles. The molecule has 0 radical (unpaired) electrons. The molecular weight excluding hydrogens is 318 g/mol. The summed E-state index contributed by atoms with van der Waals surface area (Å²) in [4.78, 5) is 0. The Morgan fingerprint density at radius 2 is 2.25 bits per heavy atom. The van der Waals surface area contributed by atoms with Gasteiger partial charge in [-0.1, -0.05) is 29.5 Å². The topological polar surface area (TPSA) is 68.8 Å². The van der Waals surface area contributed by atoms with Gasteiger partial charge in [-0.25, -0.2) is 4.68 Å². The van der Waals surface area contributed by atoms with Crippen molar-refractivity contribution in [2.24, 2.45) is 12.9 Å². The number of rotatable bonds is 3. The number of halogens is 1. The summed E-state index contributed by atoms with van der Waals surface area (Å²) in [5.74, 6) is 6.20. The van der Waals surface area contributed by atoms with Gasteiger partial charge in [0.2, 0.25) is 0 Å². The molecule has 1 aliphatic rings. The molecule has 1 aliphatic carbocycles. The van der Waals surface area contributed by atoms with Crippen LogP contribution in [0.25, 0.3) is 0 Å². The average molecular weight is 336 g/mol. The third kappa shape index (κ3) is 2.28. The number of hydrogen-bond donors (Lipinski definition) is 2. The van der Waals surface area contributed by atoms with Gasteiger partial charge in [0.1, 0.15) is 0 Å². The maximum atomic E-state index is 5.85. The average Bonchev–Trinajstić information content (AvgIpc) is 2.81. The van der Waals surface area contributed by atoms with Crippen molar-refractivity contribution in [1.29, 1.82) is 0 Å². The molecule has 6 heteroatoms. The van der Waals surface area contributed by atoms with Gasteiger partial charge in [0, 0.05) is 13.0 Å². The zero-order valence-electron chi connectivity index (χ0n) is 11.4. The molecule has 5 nitrogen and oxygen atoms in total. The maximum absolute atomic E-state index is 5.85. The van der Waals surface area contributed by atoms with Gasteiger partial charge in [-0.2, -0.15) is 0 Å². The van der Waals surface area contributed by atoms with Crippen LogP contribution in [0.1, 0.15) is 41.6 Å². The molecule has 1 aromatic heterocycles. The van der Waals surface area contributed by atoms with Crippen molar-refractivity contribution >= 4 is 15.9 Å². The predicted octanol–water partition coefficient (Wildman–Crippen LogP) is 2.20. The van der Waals surface area contributed by atoms with Crippen LogP contribution < -0.4 is 11.3 Å². The molecule has 0 fully saturated rings. The lowest BCUT2D eigenvalue weighted by Crippen LogP contribution is -2.35. The van der Waals surface area contributed by atoms with Gasteiger partial charge in [-0.3, -0.25) is 11.3 Å². The fourth-order valence-corrected chi connectivity index (χ4v) is 3.77. The van der Waals surface area contributed by atoms with Crippen molar-refractivity contribution in [3.63, 3.8) is 0 Å². The Bertz CT molecular complexity index is 590. The van der Waals surface area contributed by atoms with E-state index in [0.717, 1.165) is 23.1 Å². The number of benzene rings is 1. The number of nitrogens with zero attached hydrogens (tertiary/aromatic N) is 3. The van der Waals surface area contributed by atoms with E-state index in [2.05, 4.69) is 55.9 Å². The zero-order valence-corrected chi connectivity index (χ0v) is 13.0. The first-order valence-electron chi connectivity index (χ1n) is 6.81. The predicted molar refractivity (Wildman–Crippen MR) is 80.9 cm³/mol. The molecular formula is C14H18BrN5. The van der Waals surface area contributed by atoms with Crippen LogP contribution >= 0.6 is 15.9 Å². The van der Waals surface area contributed by atoms with Crippen molar-refractivity contribution in [2.75, 3.05) is 0 Å². The molecule has 0 amide bonds. The zero-order chi connectivity index (χ0) is 14.1. The molecule has 3 rings (SSSR count). The van der Waals surface area contributed by atoms with Gasteiger partial charge < -0.3 is 0 Å². The second-order valence-corrected chi connectivity index (χ2v) is 5.98. The third-order valence-corrected chi connectivity index (χ3v) is 4.68. The molecule has 3 N–H and O–H groups in total. The molecule has 0 saturated heterocycles. The van der Waals surface area contributed by atoms with E-state index in [-0.39, 0.29) is 6.04 Å². The van der Waals surface area contributed by atoms with Crippen molar-refractivity contribution in [3.05, 3.63) is 45.7 Å². The second kappa shape index (κ2) is 5.63. The van der Waals surface area contributed by atoms with E-state index in [1.807, 2.05) is 7.05 Å². The van der Waals surface area contributed by atoms with Crippen LogP contribution in [0.3, 0.4) is 0 Å². The van der Waals surface area contributed by atoms with Crippen molar-refractivity contribution in [2.45, 2.75) is 31.2 Å². The second-order valence-electron chi connectivity index (χ2n) is 5.23. The minimum Gasteiger partial charge on any atom is -0.271 e. The lowest BCUT2D eigenvalue weighted by Gasteiger charge is -2.32. The molecule has 1 aromatic carbocycles. The number of nitrogens with two attached hydrogens (primary N) is 1. The van der Waals surface area contributed by atoms with Gasteiger partial charge in [-0.15, -0.1) is 5.10 Å². The first-order chi connectivity index (χ1) is 9.72. The van der Waals surface area contributed by atoms with Crippen LogP contribution in [0, 0.1) is 0 Å². The quantitative estimate of drug-likeness (QED) is 0.666. The molecule has 1 heterocycles. The molecule has 2 unspecified atom stereocenters. The molecule has 20 heavy (non-hydrogen) atoms. The van der Waals surface area contributed by atoms with E-state index in [4.69, 9.17) is 5.84 Å². The summed E-state index contributed by atoms with van der Waals surface area (Å²) in [5.41, 5.74) is 6.77. The van der Waals surface area contributed by atoms with Crippen molar-refractivity contribution in [1.82, 2.24) is 20.4 Å². The summed E-state index contributed by atoms with van der Waals surface area (Å²) in [6, 6.07) is 8.63. The van der Waals surface area contributed by atoms with E-state index in [9.17, 15) is 0 Å². The highest BCUT2D eigenvalue weighted by atomic mass is 79.9. The highest BCUT2D eigenvalue weighted by Crippen LogP contribution is 2.41. The Balaban J connectivity index is 2.03. The highest BCUT2D eigenvalue weighted by Gasteiger charge is 2.31. The standard InChI is InChI=1S/C14H18BrN5/c1-20-13(14(15)18-19-20)12(17-16)11-8-4-6-9-5-2-3-7-10(9)11/h2-3,5,7,11-12,17H,4,6,8,16H2,1H3. The van der Waals surface area contributed by atoms with E-state index in [1.54, 1.807) is 4.68 Å². The number of nitrogens with one attached hydrogen (secondary N) is 1. The minimum absolute atomic E-state index is 0.00539. The Kier molecular flexibility index (Phi) is 3.87. The van der Waals surface area contributed by atoms with E-state index in [1.165, 1.54) is 17.5 Å². The Morgan fingerprint density at radius 3 is 2.95 bits per heavy atom. The first-order valence-corrected chi connectivity index (χ1v) is 7.60. The Labute approximate surface area is 126 Å². The van der Waals surface area contributed by atoms with Gasteiger partial charge in [-0.05, 0) is 46.3 Å². The van der Waals surface area contributed by atoms with E-state index >= 15 is 0 Å². The lowest BCUT2D eigenvalue weighted by molar-refractivity contribution is 0.388. The Hall–Kier alpha value is -1.24. The minimum atomic E-state index is 0.00539. The molecule has 2 atom stereocenters. The molecule has 106 valence electrons. The fraction of sp³-hybridized carbons (Fsp3) is 0.429. The van der Waals surface area contributed by atoms with Gasteiger partial charge in [0.15, 0.2) is 4.60 Å². The van der Waals surface area contributed by atoms with Gasteiger partial charge >= 0.3 is 0 Å². The van der Waals surface area contributed by atoms with Crippen LogP contribution in [0.2, 0.25) is 0 Å². The maximum Gasteiger partial charge on any atom is 0.153 e. The number of hydrogen-bond acceptors (Lipinski definition) is 4. The summed E-state index contributed by atoms with van der Waals surface area (Å²) < 4.78 is 2.54. The molecule has 0 spiro atoms. The fourth-order valence-electron chi connectivity index (χ4n) is 3.19. The van der Waals surface area contributed by atoms with E-state index in [0.29, 0.717) is 5.92 Å². The molecule has 2 aromatic rings. The summed E-state index contributed by atoms with van der Waals surface area (Å²) in [6.07, 6.45) is 3.45. The number of aryl methyl sites for hydroxylation is 2. The van der Waals surface area contributed by atoms with Crippen LogP contribution in [-0.4, -0.2) is 15.0 Å².